The van der Waals surface area contributed by atoms with Gasteiger partial charge < -0.3 is 5.73 Å². The maximum atomic E-state index is 6.34. The van der Waals surface area contributed by atoms with E-state index in [1.54, 1.807) is 0 Å². The van der Waals surface area contributed by atoms with Crippen LogP contribution in [0.1, 0.15) is 51.3 Å². The van der Waals surface area contributed by atoms with Crippen molar-refractivity contribution in [2.45, 2.75) is 45.6 Å². The molecule has 1 saturated carbocycles. The van der Waals surface area contributed by atoms with Crippen molar-refractivity contribution in [3.63, 3.8) is 0 Å². The number of nitrogens with two attached hydrogens (primary N) is 1. The molecule has 3 nitrogen and oxygen atoms in total. The summed E-state index contributed by atoms with van der Waals surface area (Å²) in [6, 6.07) is 2.20. The molecule has 0 saturated heterocycles. The Hall–Kier alpha value is -0.830. The number of hydrogen-bond acceptors (Lipinski definition) is 2. The third-order valence-corrected chi connectivity index (χ3v) is 4.09. The molecule has 16 heavy (non-hydrogen) atoms. The Balaban J connectivity index is 2.02. The molecule has 3 heteroatoms. The summed E-state index contributed by atoms with van der Waals surface area (Å²) in [5.74, 6) is 0.628. The van der Waals surface area contributed by atoms with E-state index < -0.39 is 0 Å². The highest BCUT2D eigenvalue weighted by molar-refractivity contribution is 5.08. The van der Waals surface area contributed by atoms with Crippen LogP contribution < -0.4 is 5.73 Å². The Morgan fingerprint density at radius 1 is 1.44 bits per heavy atom. The molecule has 1 aliphatic rings. The standard InChI is InChI=1S/C13H23N3/c1-13(2)7-4-10(5-8-13)12(14)11-6-9-15-16(11)3/h6,9-10,12H,4-5,7-8,14H2,1-3H3. The number of aryl methyl sites for hydroxylation is 1. The highest BCUT2D eigenvalue weighted by atomic mass is 15.3. The lowest BCUT2D eigenvalue weighted by Gasteiger charge is -2.36. The molecular formula is C13H23N3. The van der Waals surface area contributed by atoms with Gasteiger partial charge in [-0.15, -0.1) is 0 Å². The van der Waals surface area contributed by atoms with Crippen LogP contribution in [0.25, 0.3) is 0 Å². The summed E-state index contributed by atoms with van der Waals surface area (Å²) >= 11 is 0. The van der Waals surface area contributed by atoms with Gasteiger partial charge in [0, 0.05) is 19.3 Å². The Morgan fingerprint density at radius 3 is 2.56 bits per heavy atom. The van der Waals surface area contributed by atoms with Gasteiger partial charge in [-0.05, 0) is 43.1 Å². The molecule has 0 spiro atoms. The molecule has 2 N–H and O–H groups in total. The van der Waals surface area contributed by atoms with Crippen LogP contribution in [0.2, 0.25) is 0 Å². The van der Waals surface area contributed by atoms with E-state index in [1.807, 2.05) is 24.0 Å². The van der Waals surface area contributed by atoms with E-state index in [2.05, 4.69) is 18.9 Å². The van der Waals surface area contributed by atoms with Gasteiger partial charge in [0.25, 0.3) is 0 Å². The summed E-state index contributed by atoms with van der Waals surface area (Å²) < 4.78 is 1.91. The molecule has 90 valence electrons. The lowest BCUT2D eigenvalue weighted by Crippen LogP contribution is -2.30. The molecule has 1 unspecified atom stereocenters. The van der Waals surface area contributed by atoms with Crippen LogP contribution in [0.3, 0.4) is 0 Å². The molecule has 0 aromatic carbocycles. The van der Waals surface area contributed by atoms with Gasteiger partial charge in [0.2, 0.25) is 0 Å². The van der Waals surface area contributed by atoms with Gasteiger partial charge in [-0.1, -0.05) is 13.8 Å². The largest absolute Gasteiger partial charge is 0.322 e. The molecule has 0 aliphatic heterocycles. The first kappa shape index (κ1) is 11.6. The second-order valence-electron chi connectivity index (χ2n) is 5.91. The second kappa shape index (κ2) is 4.21. The fourth-order valence-electron chi connectivity index (χ4n) is 2.73. The third kappa shape index (κ3) is 2.29. The van der Waals surface area contributed by atoms with Crippen molar-refractivity contribution < 1.29 is 0 Å². The minimum Gasteiger partial charge on any atom is -0.322 e. The number of aromatic nitrogens is 2. The molecule has 1 heterocycles. The molecule has 0 amide bonds. The Bertz CT molecular complexity index is 344. The zero-order valence-electron chi connectivity index (χ0n) is 10.6. The molecule has 1 atom stereocenters. The zero-order chi connectivity index (χ0) is 11.8. The highest BCUT2D eigenvalue weighted by Crippen LogP contribution is 2.41. The van der Waals surface area contributed by atoms with E-state index in [-0.39, 0.29) is 6.04 Å². The van der Waals surface area contributed by atoms with Gasteiger partial charge in [0.05, 0.1) is 5.69 Å². The van der Waals surface area contributed by atoms with Crippen LogP contribution in [0.4, 0.5) is 0 Å². The first-order chi connectivity index (χ1) is 7.49. The van der Waals surface area contributed by atoms with Gasteiger partial charge in [0.15, 0.2) is 0 Å². The smallest absolute Gasteiger partial charge is 0.0550 e. The molecule has 1 aliphatic carbocycles. The topological polar surface area (TPSA) is 43.8 Å². The van der Waals surface area contributed by atoms with E-state index in [0.29, 0.717) is 11.3 Å². The minimum absolute atomic E-state index is 0.156. The normalized spacial score (nSPS) is 23.2. The van der Waals surface area contributed by atoms with Crippen LogP contribution in [0.15, 0.2) is 12.3 Å². The molecule has 2 rings (SSSR count). The van der Waals surface area contributed by atoms with Crippen molar-refractivity contribution in [3.8, 4) is 0 Å². The summed E-state index contributed by atoms with van der Waals surface area (Å²) in [5, 5.41) is 4.20. The first-order valence-electron chi connectivity index (χ1n) is 6.23. The van der Waals surface area contributed by atoms with Crippen LogP contribution in [0, 0.1) is 11.3 Å². The maximum Gasteiger partial charge on any atom is 0.0550 e. The monoisotopic (exact) mass is 221 g/mol. The number of hydrogen-bond donors (Lipinski definition) is 1. The van der Waals surface area contributed by atoms with Crippen molar-refractivity contribution >= 4 is 0 Å². The van der Waals surface area contributed by atoms with Gasteiger partial charge in [-0.25, -0.2) is 0 Å². The molecule has 1 aromatic rings. The molecule has 0 bridgehead atoms. The van der Waals surface area contributed by atoms with E-state index >= 15 is 0 Å². The molecule has 1 fully saturated rings. The maximum absolute atomic E-state index is 6.34. The molecule has 1 aromatic heterocycles. The van der Waals surface area contributed by atoms with Crippen molar-refractivity contribution in [1.82, 2.24) is 9.78 Å². The van der Waals surface area contributed by atoms with Gasteiger partial charge in [-0.3, -0.25) is 4.68 Å². The summed E-state index contributed by atoms with van der Waals surface area (Å²) in [4.78, 5) is 0. The number of rotatable bonds is 2. The lowest BCUT2D eigenvalue weighted by molar-refractivity contribution is 0.171. The average Bonchev–Trinajstić information content (AvgIpc) is 2.63. The van der Waals surface area contributed by atoms with E-state index in [1.165, 1.54) is 31.4 Å². The summed E-state index contributed by atoms with van der Waals surface area (Å²) in [6.07, 6.45) is 6.92. The van der Waals surface area contributed by atoms with E-state index in [9.17, 15) is 0 Å². The fraction of sp³-hybridized carbons (Fsp3) is 0.769. The van der Waals surface area contributed by atoms with Crippen LogP contribution in [-0.2, 0) is 7.05 Å². The minimum atomic E-state index is 0.156. The SMILES string of the molecule is Cn1nccc1C(N)C1CCC(C)(C)CC1. The van der Waals surface area contributed by atoms with Crippen LogP contribution in [0.5, 0.6) is 0 Å². The molecule has 0 radical (unpaired) electrons. The highest BCUT2D eigenvalue weighted by Gasteiger charge is 2.31. The Kier molecular flexibility index (Phi) is 3.06. The average molecular weight is 221 g/mol. The Morgan fingerprint density at radius 2 is 2.06 bits per heavy atom. The quantitative estimate of drug-likeness (QED) is 0.834. The Labute approximate surface area is 98.0 Å². The van der Waals surface area contributed by atoms with Crippen LogP contribution in [-0.4, -0.2) is 9.78 Å². The van der Waals surface area contributed by atoms with Crippen molar-refractivity contribution in [3.05, 3.63) is 18.0 Å². The van der Waals surface area contributed by atoms with Gasteiger partial charge in [-0.2, -0.15) is 5.10 Å². The van der Waals surface area contributed by atoms with Crippen LogP contribution >= 0.6 is 0 Å². The lowest BCUT2D eigenvalue weighted by atomic mass is 9.71. The summed E-state index contributed by atoms with van der Waals surface area (Å²) in [6.45, 7) is 4.72. The van der Waals surface area contributed by atoms with E-state index in [4.69, 9.17) is 5.73 Å². The predicted octanol–water partition coefficient (Wildman–Crippen LogP) is 2.64. The van der Waals surface area contributed by atoms with E-state index in [0.717, 1.165) is 0 Å². The zero-order valence-corrected chi connectivity index (χ0v) is 10.6. The molecular weight excluding hydrogens is 198 g/mol. The predicted molar refractivity (Wildman–Crippen MR) is 65.9 cm³/mol. The summed E-state index contributed by atoms with van der Waals surface area (Å²) in [7, 11) is 1.97. The van der Waals surface area contributed by atoms with Crippen molar-refractivity contribution in [1.29, 1.82) is 0 Å². The van der Waals surface area contributed by atoms with Gasteiger partial charge in [0.1, 0.15) is 0 Å². The van der Waals surface area contributed by atoms with Gasteiger partial charge >= 0.3 is 0 Å². The van der Waals surface area contributed by atoms with Crippen molar-refractivity contribution in [2.24, 2.45) is 24.1 Å². The summed E-state index contributed by atoms with van der Waals surface area (Å²) in [5.41, 5.74) is 8.03. The second-order valence-corrected chi connectivity index (χ2v) is 5.91. The third-order valence-electron chi connectivity index (χ3n) is 4.09. The van der Waals surface area contributed by atoms with Crippen molar-refractivity contribution in [2.75, 3.05) is 0 Å². The first-order valence-corrected chi connectivity index (χ1v) is 6.23. The number of nitrogens with zero attached hydrogens (tertiary/aromatic N) is 2. The fourth-order valence-corrected chi connectivity index (χ4v) is 2.73.